The molecule has 0 amide bonds. The van der Waals surface area contributed by atoms with Crippen LogP contribution < -0.4 is 37.2 Å². The molecular weight excluding hydrogens is 1690 g/mol. The van der Waals surface area contributed by atoms with Crippen molar-refractivity contribution in [2.75, 3.05) is 0 Å². The van der Waals surface area contributed by atoms with Crippen molar-refractivity contribution in [2.45, 2.75) is 129 Å². The Bertz CT molecular complexity index is 1480. The van der Waals surface area contributed by atoms with Crippen LogP contribution in [0, 0.1) is 47.3 Å². The minimum atomic E-state index is -0.259. The van der Waals surface area contributed by atoms with Gasteiger partial charge in [0.2, 0.25) is 0 Å². The van der Waals surface area contributed by atoms with Crippen LogP contribution in [0.4, 0.5) is 0 Å². The van der Waals surface area contributed by atoms with Crippen molar-refractivity contribution in [3.63, 3.8) is 0 Å². The van der Waals surface area contributed by atoms with Crippen LogP contribution in [0.15, 0.2) is 0 Å². The van der Waals surface area contributed by atoms with E-state index in [0.29, 0.717) is 10.7 Å². The molecule has 8 nitrogen and oxygen atoms in total. The summed E-state index contributed by atoms with van der Waals surface area (Å²) >= 11 is 72.8. The van der Waals surface area contributed by atoms with Crippen LogP contribution in [-0.4, -0.2) is 127 Å². The van der Waals surface area contributed by atoms with E-state index in [4.69, 9.17) is 23.2 Å². The zero-order valence-electron chi connectivity index (χ0n) is 28.6. The van der Waals surface area contributed by atoms with Crippen LogP contribution in [0.2, 0.25) is 0 Å². The average molecular weight is 1730 g/mol. The Morgan fingerprint density at radius 2 is 0.679 bits per heavy atom. The molecule has 5 aliphatic heterocycles. The predicted octanol–water partition coefficient (Wildman–Crippen LogP) is 8.92. The molecule has 0 radical (unpaired) electrons. The number of hydrogen-bond donors (Lipinski definition) is 7. The lowest BCUT2D eigenvalue weighted by Gasteiger charge is -2.46. The van der Waals surface area contributed by atoms with E-state index >= 15 is 0 Å². The Morgan fingerprint density at radius 3 is 1.16 bits per heavy atom. The third-order valence-electron chi connectivity index (χ3n) is 14.4. The first-order chi connectivity index (χ1) is 26.4. The van der Waals surface area contributed by atoms with Gasteiger partial charge in [-0.3, -0.25) is 37.2 Å². The van der Waals surface area contributed by atoms with Gasteiger partial charge in [-0.25, -0.2) is 3.93 Å². The second-order valence-corrected chi connectivity index (χ2v) is 32.6. The molecule has 0 aromatic rings. The lowest BCUT2D eigenvalue weighted by Crippen LogP contribution is -2.62. The van der Waals surface area contributed by atoms with Crippen LogP contribution in [-0.2, 0) is 0 Å². The summed E-state index contributed by atoms with van der Waals surface area (Å²) in [4.78, 5) is 2.52. The Hall–Kier alpha value is 6.98. The van der Waals surface area contributed by atoms with Crippen molar-refractivity contribution in [2.24, 2.45) is 47.3 Å². The van der Waals surface area contributed by atoms with E-state index in [1.165, 1.54) is 0 Å². The Morgan fingerprint density at radius 1 is 0.339 bits per heavy atom. The highest BCUT2D eigenvalue weighted by molar-refractivity contribution is 9.15. The highest BCUT2D eigenvalue weighted by atomic mass is 79.9. The highest BCUT2D eigenvalue weighted by Crippen LogP contribution is 2.56. The normalized spacial score (nSPS) is 65.0. The molecule has 8 bridgehead atoms. The first kappa shape index (κ1) is 48.0. The molecule has 24 heteroatoms. The second kappa shape index (κ2) is 18.7. The fourth-order valence-electron chi connectivity index (χ4n) is 11.8. The molecular formula is C32H40Br14Cl2N8. The summed E-state index contributed by atoms with van der Waals surface area (Å²) in [7, 11) is 0. The molecule has 56 heavy (non-hydrogen) atoms. The smallest absolute Gasteiger partial charge is 0.0772 e. The number of halogens is 16. The number of fused-ring (bicyclic) bond motifs is 20. The summed E-state index contributed by atoms with van der Waals surface area (Å²) in [6.45, 7) is 0. The first-order valence-electron chi connectivity index (χ1n) is 18.8. The number of rotatable bonds is 0. The lowest BCUT2D eigenvalue weighted by molar-refractivity contribution is 0.177. The minimum Gasteiger partial charge on any atom is -0.286 e. The summed E-state index contributed by atoms with van der Waals surface area (Å²) in [5, 5.41) is 28.8. The van der Waals surface area contributed by atoms with Crippen molar-refractivity contribution in [3.05, 3.63) is 0 Å². The van der Waals surface area contributed by atoms with E-state index in [1.54, 1.807) is 0 Å². The van der Waals surface area contributed by atoms with Crippen molar-refractivity contribution in [1.29, 1.82) is 0 Å². The SMILES string of the molecule is ClC1C(Cl)C2C3NC4NC(NC5C6C(Br)C(Br)C(Br)C(Br)C6C(NC6NC(NC(N3)C2C(Br)C1Br)C1C(Br)C(Br)C(Br)C(Br)C61)N5Br)C1C(Br)C(Br)C(Br)CC41. The molecule has 31 unspecified atom stereocenters. The van der Waals surface area contributed by atoms with Crippen LogP contribution in [0.1, 0.15) is 6.42 Å². The van der Waals surface area contributed by atoms with Gasteiger partial charge in [-0.2, -0.15) is 0 Å². The molecule has 31 atom stereocenters. The minimum absolute atomic E-state index is 0.00642. The van der Waals surface area contributed by atoms with Crippen molar-refractivity contribution < 1.29 is 0 Å². The molecule has 7 N–H and O–H groups in total. The fraction of sp³-hybridized carbons (Fsp3) is 1.00. The Labute approximate surface area is 457 Å². The third kappa shape index (κ3) is 7.87. The molecule has 320 valence electrons. The lowest BCUT2D eigenvalue weighted by atomic mass is 9.76. The van der Waals surface area contributed by atoms with Gasteiger partial charge in [0.15, 0.2) is 0 Å². The molecule has 0 aromatic heterocycles. The third-order valence-corrected chi connectivity index (χ3v) is 38.1. The van der Waals surface area contributed by atoms with E-state index in [1.807, 2.05) is 0 Å². The van der Waals surface area contributed by atoms with Crippen LogP contribution in [0.3, 0.4) is 0 Å². The molecule has 4 saturated carbocycles. The summed E-state index contributed by atoms with van der Waals surface area (Å²) in [5.41, 5.74) is 0. The molecule has 5 heterocycles. The molecule has 9 fully saturated rings. The van der Waals surface area contributed by atoms with E-state index < -0.39 is 0 Å². The van der Waals surface area contributed by atoms with Crippen molar-refractivity contribution >= 4 is 246 Å². The van der Waals surface area contributed by atoms with E-state index in [9.17, 15) is 0 Å². The standard InChI is InChI=1S/C32H40Br14Cl2N8/c33-3-1-2-4(12(35)11(3)34)26-49-25(2)50-30-10-7(15(38)22(45)24(48)23(10)47)28(53-30)51-27-5-6(14(37)19(42)18(41)13(5)36)29(52-27)55-32-9-8(31(54-26)56(32)46)16(39)20(43)21(44)17(9)40/h2-32,49-55H,1H2. The van der Waals surface area contributed by atoms with E-state index in [0.717, 1.165) is 6.42 Å². The van der Waals surface area contributed by atoms with Gasteiger partial charge in [-0.05, 0) is 12.3 Å². The maximum Gasteiger partial charge on any atom is 0.0772 e. The number of nitrogens with one attached hydrogen (secondary N) is 7. The molecule has 9 aliphatic rings. The van der Waals surface area contributed by atoms with Crippen molar-refractivity contribution in [1.82, 2.24) is 41.1 Å². The second-order valence-electron chi connectivity index (χ2n) is 16.9. The van der Waals surface area contributed by atoms with E-state index in [2.05, 4.69) is 264 Å². The molecule has 9 rings (SSSR count). The van der Waals surface area contributed by atoms with Gasteiger partial charge in [-0.1, -0.05) is 207 Å². The topological polar surface area (TPSA) is 87.4 Å². The molecule has 0 spiro atoms. The number of hydrogen-bond acceptors (Lipinski definition) is 8. The fourth-order valence-corrected chi connectivity index (χ4v) is 26.5. The van der Waals surface area contributed by atoms with Crippen LogP contribution in [0.25, 0.3) is 0 Å². The summed E-state index contributed by atoms with van der Waals surface area (Å²) in [5.74, 6) is 1.74. The van der Waals surface area contributed by atoms with Crippen molar-refractivity contribution in [3.8, 4) is 0 Å². The monoisotopic (exact) mass is 1710 g/mol. The van der Waals surface area contributed by atoms with Gasteiger partial charge in [0.05, 0.1) is 60.1 Å². The first-order valence-corrected chi connectivity index (χ1v) is 32.3. The quantitative estimate of drug-likeness (QED) is 0.0958. The maximum absolute atomic E-state index is 7.46. The van der Waals surface area contributed by atoms with Gasteiger partial charge in [-0.15, -0.1) is 23.2 Å². The van der Waals surface area contributed by atoms with Gasteiger partial charge in [0, 0.05) is 120 Å². The predicted molar refractivity (Wildman–Crippen MR) is 280 cm³/mol. The van der Waals surface area contributed by atoms with E-state index in [-0.39, 0.29) is 159 Å². The van der Waals surface area contributed by atoms with Crippen LogP contribution >= 0.6 is 246 Å². The zero-order valence-corrected chi connectivity index (χ0v) is 52.3. The average Bonchev–Trinajstić information content (AvgIpc) is 3.89. The van der Waals surface area contributed by atoms with Crippen LogP contribution in [0.5, 0.6) is 0 Å². The maximum atomic E-state index is 7.46. The zero-order chi connectivity index (χ0) is 40.1. The largest absolute Gasteiger partial charge is 0.286 e. The Kier molecular flexibility index (Phi) is 16.0. The summed E-state index contributed by atoms with van der Waals surface area (Å²) < 4.78 is 2.40. The highest BCUT2D eigenvalue weighted by Gasteiger charge is 2.66. The summed E-state index contributed by atoms with van der Waals surface area (Å²) in [6.07, 6.45) is 0.805. The Balaban J connectivity index is 1.16. The van der Waals surface area contributed by atoms with Gasteiger partial charge < -0.3 is 0 Å². The molecule has 5 saturated heterocycles. The number of alkyl halides is 15. The van der Waals surface area contributed by atoms with Gasteiger partial charge in [0.25, 0.3) is 0 Å². The number of nitrogens with zero attached hydrogens (tertiary/aromatic N) is 1. The molecule has 4 aliphatic carbocycles. The molecule has 0 aromatic carbocycles. The summed E-state index contributed by atoms with van der Waals surface area (Å²) in [6, 6.07) is 0. The van der Waals surface area contributed by atoms with Gasteiger partial charge in [0.1, 0.15) is 0 Å². The van der Waals surface area contributed by atoms with Gasteiger partial charge >= 0.3 is 0 Å².